The van der Waals surface area contributed by atoms with Gasteiger partial charge in [-0.25, -0.2) is 9.78 Å². The number of rotatable bonds is 4. The van der Waals surface area contributed by atoms with Crippen molar-refractivity contribution in [3.63, 3.8) is 0 Å². The van der Waals surface area contributed by atoms with Crippen LogP contribution in [0.4, 0.5) is 0 Å². The molecule has 1 N–H and O–H groups in total. The highest BCUT2D eigenvalue weighted by Crippen LogP contribution is 2.28. The van der Waals surface area contributed by atoms with E-state index >= 15 is 0 Å². The van der Waals surface area contributed by atoms with Crippen molar-refractivity contribution in [2.45, 2.75) is 25.8 Å². The predicted octanol–water partition coefficient (Wildman–Crippen LogP) is 1.47. The van der Waals surface area contributed by atoms with Crippen LogP contribution in [0.15, 0.2) is 5.38 Å². The minimum Gasteiger partial charge on any atom is -0.476 e. The minimum atomic E-state index is -1.09. The molecule has 6 heteroatoms. The molecule has 86 valence electrons. The summed E-state index contributed by atoms with van der Waals surface area (Å²) in [5.74, 6) is -1.24. The van der Waals surface area contributed by atoms with Gasteiger partial charge in [-0.05, 0) is 19.8 Å². The summed E-state index contributed by atoms with van der Waals surface area (Å²) in [6.07, 6.45) is 2.08. The molecular weight excluding hydrogens is 228 g/mol. The fourth-order valence-electron chi connectivity index (χ4n) is 1.55. The lowest BCUT2D eigenvalue weighted by Crippen LogP contribution is -2.32. The summed E-state index contributed by atoms with van der Waals surface area (Å²) in [4.78, 5) is 28.2. The van der Waals surface area contributed by atoms with Crippen LogP contribution >= 0.6 is 11.3 Å². The average Bonchev–Trinajstić information content (AvgIpc) is 2.96. The summed E-state index contributed by atoms with van der Waals surface area (Å²) in [6.45, 7) is 2.56. The first-order valence-electron chi connectivity index (χ1n) is 5.13. The smallest absolute Gasteiger partial charge is 0.355 e. The lowest BCUT2D eigenvalue weighted by molar-refractivity contribution is 0.0691. The van der Waals surface area contributed by atoms with Crippen LogP contribution in [0.25, 0.3) is 0 Å². The molecule has 5 nitrogen and oxygen atoms in total. The van der Waals surface area contributed by atoms with Gasteiger partial charge in [0.15, 0.2) is 10.7 Å². The van der Waals surface area contributed by atoms with Gasteiger partial charge in [0.05, 0.1) is 0 Å². The third-order valence-electron chi connectivity index (χ3n) is 2.50. The SMILES string of the molecule is CCN(C(=O)c1nc(C(=O)O)cs1)C1CC1. The van der Waals surface area contributed by atoms with E-state index in [2.05, 4.69) is 4.98 Å². The molecule has 0 atom stereocenters. The largest absolute Gasteiger partial charge is 0.476 e. The second kappa shape index (κ2) is 4.21. The zero-order valence-corrected chi connectivity index (χ0v) is 9.66. The summed E-state index contributed by atoms with van der Waals surface area (Å²) >= 11 is 1.09. The van der Waals surface area contributed by atoms with Gasteiger partial charge in [0.1, 0.15) is 0 Å². The van der Waals surface area contributed by atoms with E-state index in [1.165, 1.54) is 5.38 Å². The fourth-order valence-corrected chi connectivity index (χ4v) is 2.29. The molecule has 1 heterocycles. The first kappa shape index (κ1) is 11.1. The van der Waals surface area contributed by atoms with Crippen molar-refractivity contribution in [1.29, 1.82) is 0 Å². The Morgan fingerprint density at radius 2 is 2.31 bits per heavy atom. The van der Waals surface area contributed by atoms with E-state index in [9.17, 15) is 9.59 Å². The molecule has 0 aromatic carbocycles. The highest BCUT2D eigenvalue weighted by Gasteiger charge is 2.33. The normalized spacial score (nSPS) is 14.8. The molecule has 2 rings (SSSR count). The van der Waals surface area contributed by atoms with E-state index in [0.717, 1.165) is 24.2 Å². The van der Waals surface area contributed by atoms with Gasteiger partial charge in [-0.3, -0.25) is 4.79 Å². The summed E-state index contributed by atoms with van der Waals surface area (Å²) in [5, 5.41) is 10.4. The highest BCUT2D eigenvalue weighted by molar-refractivity contribution is 7.11. The number of carboxylic acid groups (broad SMARTS) is 1. The maximum atomic E-state index is 12.0. The molecule has 16 heavy (non-hydrogen) atoms. The molecular formula is C10H12N2O3S. The van der Waals surface area contributed by atoms with Crippen LogP contribution in [0.3, 0.4) is 0 Å². The highest BCUT2D eigenvalue weighted by atomic mass is 32.1. The van der Waals surface area contributed by atoms with Gasteiger partial charge in [-0.15, -0.1) is 11.3 Å². The zero-order chi connectivity index (χ0) is 11.7. The second-order valence-electron chi connectivity index (χ2n) is 3.67. The number of carbonyl (C=O) groups is 2. The third-order valence-corrected chi connectivity index (χ3v) is 3.33. The quantitative estimate of drug-likeness (QED) is 0.865. The molecule has 0 radical (unpaired) electrons. The molecule has 1 aromatic rings. The van der Waals surface area contributed by atoms with Gasteiger partial charge < -0.3 is 10.0 Å². The number of carbonyl (C=O) groups excluding carboxylic acids is 1. The number of aromatic nitrogens is 1. The van der Waals surface area contributed by atoms with Crippen LogP contribution in [-0.4, -0.2) is 39.5 Å². The Balaban J connectivity index is 2.15. The molecule has 0 unspecified atom stereocenters. The van der Waals surface area contributed by atoms with E-state index in [1.807, 2.05) is 6.92 Å². The third kappa shape index (κ3) is 2.06. The van der Waals surface area contributed by atoms with E-state index in [0.29, 0.717) is 12.6 Å². The first-order chi connectivity index (χ1) is 7.63. The number of thiazole rings is 1. The Labute approximate surface area is 96.7 Å². The molecule has 1 aliphatic carbocycles. The summed E-state index contributed by atoms with van der Waals surface area (Å²) < 4.78 is 0. The number of carboxylic acids is 1. The summed E-state index contributed by atoms with van der Waals surface area (Å²) in [6, 6.07) is 0.328. The average molecular weight is 240 g/mol. The number of hydrogen-bond acceptors (Lipinski definition) is 4. The molecule has 1 aromatic heterocycles. The second-order valence-corrected chi connectivity index (χ2v) is 4.52. The molecule has 0 aliphatic heterocycles. The maximum absolute atomic E-state index is 12.0. The van der Waals surface area contributed by atoms with Crippen LogP contribution in [0.5, 0.6) is 0 Å². The van der Waals surface area contributed by atoms with Crippen molar-refractivity contribution in [3.05, 3.63) is 16.1 Å². The molecule has 1 saturated carbocycles. The van der Waals surface area contributed by atoms with Crippen molar-refractivity contribution >= 4 is 23.2 Å². The topological polar surface area (TPSA) is 70.5 Å². The van der Waals surface area contributed by atoms with Gasteiger partial charge in [0.2, 0.25) is 0 Å². The van der Waals surface area contributed by atoms with Gasteiger partial charge in [-0.1, -0.05) is 0 Å². The maximum Gasteiger partial charge on any atom is 0.355 e. The van der Waals surface area contributed by atoms with Crippen LogP contribution in [0.2, 0.25) is 0 Å². The molecule has 1 fully saturated rings. The standard InChI is InChI=1S/C10H12N2O3S/c1-2-12(6-3-4-6)9(13)8-11-7(5-16-8)10(14)15/h5-6H,2-4H2,1H3,(H,14,15). The predicted molar refractivity (Wildman–Crippen MR) is 58.8 cm³/mol. The van der Waals surface area contributed by atoms with Crippen LogP contribution in [0, 0.1) is 0 Å². The van der Waals surface area contributed by atoms with Gasteiger partial charge in [0.25, 0.3) is 5.91 Å². The molecule has 0 spiro atoms. The number of hydrogen-bond donors (Lipinski definition) is 1. The molecule has 0 saturated heterocycles. The summed E-state index contributed by atoms with van der Waals surface area (Å²) in [7, 11) is 0. The van der Waals surface area contributed by atoms with E-state index in [-0.39, 0.29) is 16.6 Å². The van der Waals surface area contributed by atoms with Crippen molar-refractivity contribution in [2.24, 2.45) is 0 Å². The van der Waals surface area contributed by atoms with Crippen molar-refractivity contribution < 1.29 is 14.7 Å². The monoisotopic (exact) mass is 240 g/mol. The fraction of sp³-hybridized carbons (Fsp3) is 0.500. The van der Waals surface area contributed by atoms with Crippen molar-refractivity contribution in [2.75, 3.05) is 6.54 Å². The first-order valence-corrected chi connectivity index (χ1v) is 6.01. The van der Waals surface area contributed by atoms with Crippen LogP contribution in [-0.2, 0) is 0 Å². The molecule has 0 bridgehead atoms. The molecule has 1 aliphatic rings. The molecule has 1 amide bonds. The number of aromatic carboxylic acids is 1. The Morgan fingerprint density at radius 1 is 1.62 bits per heavy atom. The minimum absolute atomic E-state index is 0.0554. The lowest BCUT2D eigenvalue weighted by Gasteiger charge is -2.18. The lowest BCUT2D eigenvalue weighted by atomic mass is 10.4. The van der Waals surface area contributed by atoms with Gasteiger partial charge >= 0.3 is 5.97 Å². The Hall–Kier alpha value is -1.43. The number of nitrogens with zero attached hydrogens (tertiary/aromatic N) is 2. The Morgan fingerprint density at radius 3 is 2.75 bits per heavy atom. The Kier molecular flexibility index (Phi) is 2.91. The van der Waals surface area contributed by atoms with E-state index in [4.69, 9.17) is 5.11 Å². The van der Waals surface area contributed by atoms with Gasteiger partial charge in [-0.2, -0.15) is 0 Å². The summed E-state index contributed by atoms with van der Waals surface area (Å²) in [5.41, 5.74) is -0.0554. The Bertz CT molecular complexity index is 425. The van der Waals surface area contributed by atoms with E-state index in [1.54, 1.807) is 4.90 Å². The van der Waals surface area contributed by atoms with Crippen molar-refractivity contribution in [1.82, 2.24) is 9.88 Å². The zero-order valence-electron chi connectivity index (χ0n) is 8.84. The van der Waals surface area contributed by atoms with Crippen LogP contribution < -0.4 is 0 Å². The van der Waals surface area contributed by atoms with Crippen molar-refractivity contribution in [3.8, 4) is 0 Å². The van der Waals surface area contributed by atoms with E-state index < -0.39 is 5.97 Å². The number of amides is 1. The van der Waals surface area contributed by atoms with Crippen LogP contribution in [0.1, 0.15) is 40.1 Å². The van der Waals surface area contributed by atoms with Gasteiger partial charge in [0, 0.05) is 18.0 Å².